The van der Waals surface area contributed by atoms with Gasteiger partial charge < -0.3 is 4.74 Å². The van der Waals surface area contributed by atoms with Gasteiger partial charge in [0.1, 0.15) is 0 Å². The summed E-state index contributed by atoms with van der Waals surface area (Å²) in [4.78, 5) is 20.9. The van der Waals surface area contributed by atoms with Gasteiger partial charge >= 0.3 is 5.97 Å². The zero-order valence-electron chi connectivity index (χ0n) is 6.09. The van der Waals surface area contributed by atoms with Gasteiger partial charge in [-0.05, 0) is 13.0 Å². The van der Waals surface area contributed by atoms with E-state index in [0.29, 0.717) is 0 Å². The van der Waals surface area contributed by atoms with Gasteiger partial charge in [0, 0.05) is 6.92 Å². The molecule has 0 fully saturated rings. The topological polar surface area (TPSA) is 43.4 Å². The predicted molar refractivity (Wildman–Crippen MR) is 36.4 cm³/mol. The molecule has 0 heterocycles. The number of ketones is 1. The fourth-order valence-corrected chi connectivity index (χ4v) is 0.473. The summed E-state index contributed by atoms with van der Waals surface area (Å²) in [5.74, 6) is -0.738. The molecule has 3 nitrogen and oxygen atoms in total. The second-order valence-corrected chi connectivity index (χ2v) is 1.86. The third-order valence-electron chi connectivity index (χ3n) is 0.945. The van der Waals surface area contributed by atoms with Crippen LogP contribution in [-0.4, -0.2) is 17.9 Å². The van der Waals surface area contributed by atoms with Crippen molar-refractivity contribution in [3.63, 3.8) is 0 Å². The summed E-state index contributed by atoms with van der Waals surface area (Å²) >= 11 is 0. The summed E-state index contributed by atoms with van der Waals surface area (Å²) < 4.78 is 4.54. The van der Waals surface area contributed by atoms with Crippen LogP contribution in [0.4, 0.5) is 0 Å². The molecule has 0 bridgehead atoms. The molecule has 0 aliphatic rings. The molecule has 10 heavy (non-hydrogen) atoms. The smallest absolute Gasteiger partial charge is 0.303 e. The summed E-state index contributed by atoms with van der Waals surface area (Å²) in [5.41, 5.74) is 0. The van der Waals surface area contributed by atoms with E-state index in [9.17, 15) is 9.59 Å². The van der Waals surface area contributed by atoms with Gasteiger partial charge in [0.15, 0.2) is 11.9 Å². The van der Waals surface area contributed by atoms with E-state index in [4.69, 9.17) is 0 Å². The van der Waals surface area contributed by atoms with E-state index in [1.54, 1.807) is 0 Å². The van der Waals surface area contributed by atoms with Gasteiger partial charge in [0.25, 0.3) is 0 Å². The Kier molecular flexibility index (Phi) is 3.39. The maximum atomic E-state index is 10.7. The van der Waals surface area contributed by atoms with Gasteiger partial charge in [-0.25, -0.2) is 0 Å². The average molecular weight is 142 g/mol. The first-order valence-corrected chi connectivity index (χ1v) is 2.91. The lowest BCUT2D eigenvalue weighted by Gasteiger charge is -2.06. The van der Waals surface area contributed by atoms with Gasteiger partial charge in [-0.15, -0.1) is 0 Å². The summed E-state index contributed by atoms with van der Waals surface area (Å²) in [5, 5.41) is 0. The quantitative estimate of drug-likeness (QED) is 0.430. The molecule has 0 aromatic rings. The molecular formula is C7H10O3. The number of ether oxygens (including phenoxy) is 1. The molecule has 0 spiro atoms. The minimum atomic E-state index is -0.699. The van der Waals surface area contributed by atoms with Crippen molar-refractivity contribution in [1.29, 1.82) is 0 Å². The van der Waals surface area contributed by atoms with Gasteiger partial charge in [-0.1, -0.05) is 6.58 Å². The number of carbonyl (C=O) groups excluding carboxylic acids is 2. The second-order valence-electron chi connectivity index (χ2n) is 1.86. The van der Waals surface area contributed by atoms with Gasteiger partial charge in [-0.3, -0.25) is 9.59 Å². The first-order valence-electron chi connectivity index (χ1n) is 2.91. The van der Waals surface area contributed by atoms with E-state index in [1.165, 1.54) is 13.8 Å². The first-order chi connectivity index (χ1) is 4.57. The monoisotopic (exact) mass is 142 g/mol. The molecule has 56 valence electrons. The van der Waals surface area contributed by atoms with Gasteiger partial charge in [-0.2, -0.15) is 0 Å². The third-order valence-corrected chi connectivity index (χ3v) is 0.945. The summed E-state index contributed by atoms with van der Waals surface area (Å²) in [7, 11) is 0. The van der Waals surface area contributed by atoms with E-state index in [2.05, 4.69) is 11.3 Å². The van der Waals surface area contributed by atoms with Gasteiger partial charge in [0.2, 0.25) is 0 Å². The number of hydrogen-bond acceptors (Lipinski definition) is 3. The lowest BCUT2D eigenvalue weighted by atomic mass is 10.2. The molecule has 0 saturated heterocycles. The molecular weight excluding hydrogens is 132 g/mol. The number of hydrogen-bond donors (Lipinski definition) is 0. The molecule has 0 aliphatic carbocycles. The molecule has 3 heteroatoms. The van der Waals surface area contributed by atoms with Crippen molar-refractivity contribution in [2.45, 2.75) is 20.0 Å². The standard InChI is InChI=1S/C7H10O3/c1-4-7(9)5(2)10-6(3)8/h4-5H,1H2,2-3H3. The van der Waals surface area contributed by atoms with Crippen molar-refractivity contribution < 1.29 is 14.3 Å². The molecule has 1 unspecified atom stereocenters. The van der Waals surface area contributed by atoms with Crippen LogP contribution in [0.5, 0.6) is 0 Å². The third kappa shape index (κ3) is 3.02. The predicted octanol–water partition coefficient (Wildman–Crippen LogP) is 0.693. The van der Waals surface area contributed by atoms with E-state index in [1.807, 2.05) is 0 Å². The molecule has 0 saturated carbocycles. The highest BCUT2D eigenvalue weighted by molar-refractivity contribution is 5.93. The highest BCUT2D eigenvalue weighted by atomic mass is 16.5. The van der Waals surface area contributed by atoms with Crippen LogP contribution in [0.15, 0.2) is 12.7 Å². The lowest BCUT2D eigenvalue weighted by molar-refractivity contribution is -0.150. The Hall–Kier alpha value is -1.12. The average Bonchev–Trinajstić information content (AvgIpc) is 1.85. The Balaban J connectivity index is 3.84. The Morgan fingerprint density at radius 1 is 1.60 bits per heavy atom. The summed E-state index contributed by atoms with van der Waals surface area (Å²) in [6.45, 7) is 6.01. The largest absolute Gasteiger partial charge is 0.454 e. The molecule has 1 atom stereocenters. The van der Waals surface area contributed by atoms with Crippen LogP contribution in [-0.2, 0) is 14.3 Å². The van der Waals surface area contributed by atoms with Crippen molar-refractivity contribution in [2.24, 2.45) is 0 Å². The first kappa shape index (κ1) is 8.88. The molecule has 0 N–H and O–H groups in total. The van der Waals surface area contributed by atoms with Crippen molar-refractivity contribution in [1.82, 2.24) is 0 Å². The van der Waals surface area contributed by atoms with Crippen LogP contribution in [0.1, 0.15) is 13.8 Å². The minimum Gasteiger partial charge on any atom is -0.454 e. The number of rotatable bonds is 3. The Morgan fingerprint density at radius 3 is 2.40 bits per heavy atom. The molecule has 0 amide bonds. The van der Waals surface area contributed by atoms with E-state index in [-0.39, 0.29) is 5.78 Å². The Bertz CT molecular complexity index is 160. The van der Waals surface area contributed by atoms with Crippen molar-refractivity contribution in [2.75, 3.05) is 0 Å². The van der Waals surface area contributed by atoms with E-state index in [0.717, 1.165) is 6.08 Å². The molecule has 0 rings (SSSR count). The lowest BCUT2D eigenvalue weighted by Crippen LogP contribution is -2.20. The number of esters is 1. The molecule has 0 radical (unpaired) electrons. The fourth-order valence-electron chi connectivity index (χ4n) is 0.473. The van der Waals surface area contributed by atoms with Crippen LogP contribution in [0.3, 0.4) is 0 Å². The second kappa shape index (κ2) is 3.82. The SMILES string of the molecule is C=CC(=O)C(C)OC(C)=O. The zero-order chi connectivity index (χ0) is 8.15. The summed E-state index contributed by atoms with van der Waals surface area (Å²) in [6.07, 6.45) is 0.433. The maximum Gasteiger partial charge on any atom is 0.303 e. The van der Waals surface area contributed by atoms with Crippen molar-refractivity contribution in [3.8, 4) is 0 Å². The minimum absolute atomic E-state index is 0.282. The highest BCUT2D eigenvalue weighted by Crippen LogP contribution is 1.93. The van der Waals surface area contributed by atoms with Crippen LogP contribution in [0.25, 0.3) is 0 Å². The van der Waals surface area contributed by atoms with Crippen LogP contribution >= 0.6 is 0 Å². The maximum absolute atomic E-state index is 10.7. The Morgan fingerprint density at radius 2 is 2.10 bits per heavy atom. The normalized spacial score (nSPS) is 11.8. The molecule has 0 aromatic heterocycles. The van der Waals surface area contributed by atoms with Gasteiger partial charge in [0.05, 0.1) is 0 Å². The van der Waals surface area contributed by atoms with Crippen molar-refractivity contribution in [3.05, 3.63) is 12.7 Å². The molecule has 0 aliphatic heterocycles. The van der Waals surface area contributed by atoms with Crippen molar-refractivity contribution >= 4 is 11.8 Å². The zero-order valence-corrected chi connectivity index (χ0v) is 6.09. The van der Waals surface area contributed by atoms with Crippen LogP contribution < -0.4 is 0 Å². The van der Waals surface area contributed by atoms with E-state index < -0.39 is 12.1 Å². The highest BCUT2D eigenvalue weighted by Gasteiger charge is 2.10. The Labute approximate surface area is 59.7 Å². The van der Waals surface area contributed by atoms with Crippen LogP contribution in [0, 0.1) is 0 Å². The fraction of sp³-hybridized carbons (Fsp3) is 0.429. The van der Waals surface area contributed by atoms with E-state index >= 15 is 0 Å². The molecule has 0 aromatic carbocycles. The summed E-state index contributed by atoms with van der Waals surface area (Å²) in [6, 6.07) is 0. The van der Waals surface area contributed by atoms with Crippen LogP contribution in [0.2, 0.25) is 0 Å². The number of carbonyl (C=O) groups is 2.